The maximum absolute atomic E-state index is 13.0. The van der Waals surface area contributed by atoms with Crippen molar-refractivity contribution in [1.82, 2.24) is 4.90 Å². The van der Waals surface area contributed by atoms with Gasteiger partial charge in [0.15, 0.2) is 0 Å². The van der Waals surface area contributed by atoms with E-state index >= 15 is 0 Å². The van der Waals surface area contributed by atoms with Gasteiger partial charge in [-0.3, -0.25) is 4.90 Å². The number of rotatable bonds is 8. The predicted octanol–water partition coefficient (Wildman–Crippen LogP) is 4.29. The van der Waals surface area contributed by atoms with Crippen LogP contribution in [0.25, 0.3) is 0 Å². The van der Waals surface area contributed by atoms with Gasteiger partial charge in [-0.05, 0) is 45.7 Å². The molecule has 1 heterocycles. The smallest absolute Gasteiger partial charge is 0.373 e. The van der Waals surface area contributed by atoms with Crippen molar-refractivity contribution in [1.29, 1.82) is 0 Å². The Morgan fingerprint density at radius 2 is 1.85 bits per heavy atom. The van der Waals surface area contributed by atoms with E-state index in [1.807, 2.05) is 0 Å². The van der Waals surface area contributed by atoms with Gasteiger partial charge in [0.2, 0.25) is 0 Å². The molecule has 0 saturated carbocycles. The predicted molar refractivity (Wildman–Crippen MR) is 101 cm³/mol. The molecule has 2 atom stereocenters. The molecule has 0 spiro atoms. The fourth-order valence-electron chi connectivity index (χ4n) is 3.37. The molecule has 2 rings (SSSR count). The molecule has 6 heteroatoms. The Balaban J connectivity index is 1.68. The van der Waals surface area contributed by atoms with E-state index in [-0.39, 0.29) is 21.7 Å². The lowest BCUT2D eigenvalue weighted by Crippen LogP contribution is -2.45. The van der Waals surface area contributed by atoms with Crippen LogP contribution < -0.4 is 5.19 Å². The van der Waals surface area contributed by atoms with E-state index in [1.54, 1.807) is 12.1 Å². The quantitative estimate of drug-likeness (QED) is 0.377. The highest BCUT2D eigenvalue weighted by atomic mass is 28.2. The normalized spacial score (nSPS) is 21.7. The van der Waals surface area contributed by atoms with E-state index in [0.717, 1.165) is 50.5 Å². The van der Waals surface area contributed by atoms with E-state index in [0.29, 0.717) is 11.2 Å². The molecule has 26 heavy (non-hydrogen) atoms. The highest BCUT2D eigenvalue weighted by Crippen LogP contribution is 2.27. The zero-order valence-corrected chi connectivity index (χ0v) is 16.6. The van der Waals surface area contributed by atoms with Gasteiger partial charge in [0, 0.05) is 13.1 Å². The van der Waals surface area contributed by atoms with Gasteiger partial charge >= 0.3 is 6.18 Å². The van der Waals surface area contributed by atoms with Crippen LogP contribution in [0.3, 0.4) is 0 Å². The lowest BCUT2D eigenvalue weighted by molar-refractivity contribution is -0.136. The van der Waals surface area contributed by atoms with E-state index in [1.165, 1.54) is 6.07 Å². The molecule has 0 aromatic heterocycles. The van der Waals surface area contributed by atoms with Crippen molar-refractivity contribution in [2.45, 2.75) is 57.5 Å². The number of hydrogen-bond donors (Lipinski definition) is 0. The lowest BCUT2D eigenvalue weighted by Gasteiger charge is -2.35. The summed E-state index contributed by atoms with van der Waals surface area (Å²) in [5, 5.41) is 0.387. The van der Waals surface area contributed by atoms with E-state index in [4.69, 9.17) is 4.74 Å². The molecule has 0 aliphatic carbocycles. The Hall–Kier alpha value is -1.11. The summed E-state index contributed by atoms with van der Waals surface area (Å²) in [5.74, 6) is 0. The first-order valence-corrected chi connectivity index (χ1v) is 10.4. The van der Waals surface area contributed by atoms with Crippen LogP contribution in [0.4, 0.5) is 13.2 Å². The number of allylic oxidation sites excluding steroid dienone is 1. The minimum atomic E-state index is -4.28. The van der Waals surface area contributed by atoms with Crippen molar-refractivity contribution in [3.05, 3.63) is 42.0 Å². The van der Waals surface area contributed by atoms with Crippen molar-refractivity contribution < 1.29 is 17.9 Å². The molecule has 1 aliphatic heterocycles. The zero-order valence-electron chi connectivity index (χ0n) is 15.6. The molecule has 1 aromatic rings. The van der Waals surface area contributed by atoms with Gasteiger partial charge in [0.1, 0.15) is 0 Å². The first kappa shape index (κ1) is 21.2. The molecular weight excluding hydrogens is 355 g/mol. The molecule has 0 bridgehead atoms. The van der Waals surface area contributed by atoms with Crippen LogP contribution in [-0.2, 0) is 10.9 Å². The van der Waals surface area contributed by atoms with Crippen LogP contribution in [0, 0.1) is 0 Å². The van der Waals surface area contributed by atoms with Crippen molar-refractivity contribution in [3.8, 4) is 0 Å². The van der Waals surface area contributed by atoms with Crippen LogP contribution in [0.5, 0.6) is 0 Å². The summed E-state index contributed by atoms with van der Waals surface area (Å²) in [5.41, 5.74) is 0.533. The number of morpholine rings is 1. The Labute approximate surface area is 157 Å². The molecule has 1 saturated heterocycles. The van der Waals surface area contributed by atoms with Crippen LogP contribution >= 0.6 is 0 Å². The number of ether oxygens (including phenoxy) is 1. The van der Waals surface area contributed by atoms with Crippen molar-refractivity contribution in [2.75, 3.05) is 19.6 Å². The molecular formula is C20H28F3NOSi. The van der Waals surface area contributed by atoms with Gasteiger partial charge in [-0.2, -0.15) is 13.2 Å². The third kappa shape index (κ3) is 6.89. The van der Waals surface area contributed by atoms with E-state index in [9.17, 15) is 13.2 Å². The third-order valence-corrected chi connectivity index (χ3v) is 6.00. The molecule has 2 nitrogen and oxygen atoms in total. The van der Waals surface area contributed by atoms with E-state index in [2.05, 4.69) is 25.3 Å². The fourth-order valence-corrected chi connectivity index (χ4v) is 4.62. The van der Waals surface area contributed by atoms with Crippen LogP contribution in [0.2, 0.25) is 6.04 Å². The SMILES string of the molecule is C=C(CCCCN1CC(C)OC(C)C1)C[Si]c1ccccc1C(F)(F)F. The maximum atomic E-state index is 13.0. The lowest BCUT2D eigenvalue weighted by atomic mass is 10.1. The third-order valence-electron chi connectivity index (χ3n) is 4.51. The number of nitrogens with zero attached hydrogens (tertiary/aromatic N) is 1. The first-order valence-electron chi connectivity index (χ1n) is 9.20. The highest BCUT2D eigenvalue weighted by Gasteiger charge is 2.32. The number of hydrogen-bond acceptors (Lipinski definition) is 2. The second-order valence-electron chi connectivity index (χ2n) is 7.12. The molecule has 2 unspecified atom stereocenters. The minimum Gasteiger partial charge on any atom is -0.373 e. The summed E-state index contributed by atoms with van der Waals surface area (Å²) in [6, 6.07) is 6.49. The summed E-state index contributed by atoms with van der Waals surface area (Å²) >= 11 is 0. The minimum absolute atomic E-state index is 0.120. The van der Waals surface area contributed by atoms with Gasteiger partial charge in [0.25, 0.3) is 0 Å². The number of halogens is 3. The van der Waals surface area contributed by atoms with Crippen molar-refractivity contribution in [2.24, 2.45) is 0 Å². The summed E-state index contributed by atoms with van der Waals surface area (Å²) in [6.45, 7) is 11.3. The average molecular weight is 384 g/mol. The van der Waals surface area contributed by atoms with E-state index < -0.39 is 11.7 Å². The number of unbranched alkanes of at least 4 members (excludes halogenated alkanes) is 1. The van der Waals surface area contributed by atoms with Gasteiger partial charge in [0.05, 0.1) is 27.3 Å². The average Bonchev–Trinajstić information content (AvgIpc) is 2.55. The summed E-state index contributed by atoms with van der Waals surface area (Å²) in [6.07, 6.45) is -0.716. The molecule has 0 N–H and O–H groups in total. The Morgan fingerprint density at radius 1 is 1.19 bits per heavy atom. The Morgan fingerprint density at radius 3 is 2.50 bits per heavy atom. The standard InChI is InChI=1S/C20H28F3NOSi/c1-15(8-6-7-11-24-12-16(2)25-17(3)13-24)14-26-19-10-5-4-9-18(19)20(21,22)23/h4-5,9-10,16-17H,1,6-8,11-14H2,2-3H3. The highest BCUT2D eigenvalue weighted by molar-refractivity contribution is 6.54. The second-order valence-corrected chi connectivity index (χ2v) is 8.37. The Bertz CT molecular complexity index is 581. The first-order chi connectivity index (χ1) is 12.3. The van der Waals surface area contributed by atoms with Crippen LogP contribution in [-0.4, -0.2) is 46.3 Å². The van der Waals surface area contributed by atoms with Crippen LogP contribution in [0.15, 0.2) is 36.4 Å². The monoisotopic (exact) mass is 383 g/mol. The van der Waals surface area contributed by atoms with Gasteiger partial charge in [-0.1, -0.05) is 35.0 Å². The summed E-state index contributed by atoms with van der Waals surface area (Å²) < 4.78 is 44.8. The number of alkyl halides is 3. The molecule has 0 amide bonds. The molecule has 1 aliphatic rings. The Kier molecular flexibility index (Phi) is 7.92. The largest absolute Gasteiger partial charge is 0.416 e. The van der Waals surface area contributed by atoms with Gasteiger partial charge in [-0.25, -0.2) is 0 Å². The van der Waals surface area contributed by atoms with Gasteiger partial charge in [-0.15, -0.1) is 6.58 Å². The number of benzene rings is 1. The summed E-state index contributed by atoms with van der Waals surface area (Å²) in [4.78, 5) is 2.43. The maximum Gasteiger partial charge on any atom is 0.416 e. The zero-order chi connectivity index (χ0) is 19.2. The van der Waals surface area contributed by atoms with Crippen molar-refractivity contribution >= 4 is 14.7 Å². The van der Waals surface area contributed by atoms with Gasteiger partial charge < -0.3 is 4.74 Å². The van der Waals surface area contributed by atoms with Crippen molar-refractivity contribution in [3.63, 3.8) is 0 Å². The fraction of sp³-hybridized carbons (Fsp3) is 0.600. The molecule has 1 aromatic carbocycles. The molecule has 2 radical (unpaired) electrons. The second kappa shape index (κ2) is 9.72. The summed E-state index contributed by atoms with van der Waals surface area (Å²) in [7, 11) is 0.120. The molecule has 1 fully saturated rings. The van der Waals surface area contributed by atoms with Crippen LogP contribution in [0.1, 0.15) is 38.7 Å². The molecule has 144 valence electrons. The topological polar surface area (TPSA) is 12.5 Å².